The number of aliphatic hydroxyl groups excluding tert-OH is 1. The minimum atomic E-state index is -0.491. The molecule has 162 valence electrons. The molecule has 0 bridgehead atoms. The zero-order chi connectivity index (χ0) is 21.8. The van der Waals surface area contributed by atoms with Crippen LogP contribution in [0.2, 0.25) is 0 Å². The first-order valence-electron chi connectivity index (χ1n) is 10.2. The summed E-state index contributed by atoms with van der Waals surface area (Å²) in [4.78, 5) is 27.3. The van der Waals surface area contributed by atoms with Gasteiger partial charge in [-0.15, -0.1) is 11.3 Å². The summed E-state index contributed by atoms with van der Waals surface area (Å²) in [6, 6.07) is 4.14. The third-order valence-electron chi connectivity index (χ3n) is 5.46. The van der Waals surface area contributed by atoms with E-state index < -0.39 is 12.2 Å². The standard InChI is InChI=1S/C22H23N3O4S2/c23-11-18-17-5-4-16(29-22(28)25-8-1-2-15(26)12-25)10-19(17)31-21(18)24-20(27)6-3-14-7-9-30-13-14/h3,6-7,9,13,15-16,26H,1-2,4-5,8,10,12H2,(H,24,27). The minimum absolute atomic E-state index is 0.272. The fraction of sp³-hybridized carbons (Fsp3) is 0.409. The summed E-state index contributed by atoms with van der Waals surface area (Å²) in [6.45, 7) is 0.907. The molecule has 2 aromatic heterocycles. The fourth-order valence-electron chi connectivity index (χ4n) is 3.90. The average molecular weight is 458 g/mol. The molecule has 1 fully saturated rings. The Hall–Kier alpha value is -2.67. The Kier molecular flexibility index (Phi) is 6.70. The van der Waals surface area contributed by atoms with Gasteiger partial charge >= 0.3 is 6.09 Å². The van der Waals surface area contributed by atoms with E-state index in [0.717, 1.165) is 22.4 Å². The number of aliphatic hydroxyl groups is 1. The van der Waals surface area contributed by atoms with Gasteiger partial charge in [-0.2, -0.15) is 16.6 Å². The molecule has 2 unspecified atom stereocenters. The van der Waals surface area contributed by atoms with Crippen LogP contribution in [-0.4, -0.2) is 47.3 Å². The van der Waals surface area contributed by atoms with Gasteiger partial charge in [-0.1, -0.05) is 0 Å². The molecule has 2 aromatic rings. The van der Waals surface area contributed by atoms with E-state index in [-0.39, 0.29) is 12.0 Å². The van der Waals surface area contributed by atoms with Crippen LogP contribution in [0.4, 0.5) is 9.80 Å². The van der Waals surface area contributed by atoms with Gasteiger partial charge < -0.3 is 20.1 Å². The Bertz CT molecular complexity index is 1020. The van der Waals surface area contributed by atoms with Gasteiger partial charge in [0, 0.05) is 30.5 Å². The van der Waals surface area contributed by atoms with Crippen molar-refractivity contribution >= 4 is 45.8 Å². The summed E-state index contributed by atoms with van der Waals surface area (Å²) in [6.07, 6.45) is 5.29. The van der Waals surface area contributed by atoms with E-state index in [4.69, 9.17) is 4.74 Å². The largest absolute Gasteiger partial charge is 0.446 e. The number of carbonyl (C=O) groups excluding carboxylic acids is 2. The fourth-order valence-corrected chi connectivity index (χ4v) is 5.79. The normalized spacial score (nSPS) is 20.8. The van der Waals surface area contributed by atoms with Crippen LogP contribution >= 0.6 is 22.7 Å². The number of nitrogens with one attached hydrogen (secondary N) is 1. The maximum absolute atomic E-state index is 12.4. The zero-order valence-electron chi connectivity index (χ0n) is 16.9. The second-order valence-corrected chi connectivity index (χ2v) is 9.57. The third kappa shape index (κ3) is 5.15. The third-order valence-corrected chi connectivity index (χ3v) is 7.33. The van der Waals surface area contributed by atoms with Crippen LogP contribution in [0.3, 0.4) is 0 Å². The minimum Gasteiger partial charge on any atom is -0.446 e. The smallest absolute Gasteiger partial charge is 0.410 e. The Balaban J connectivity index is 1.40. The van der Waals surface area contributed by atoms with Gasteiger partial charge in [-0.3, -0.25) is 4.79 Å². The van der Waals surface area contributed by atoms with E-state index in [0.29, 0.717) is 49.3 Å². The lowest BCUT2D eigenvalue weighted by Crippen LogP contribution is -2.44. The van der Waals surface area contributed by atoms with E-state index in [2.05, 4.69) is 11.4 Å². The molecule has 0 radical (unpaired) electrons. The second kappa shape index (κ2) is 9.64. The number of thiophene rings is 2. The number of ether oxygens (including phenoxy) is 1. The number of likely N-dealkylation sites (tertiary alicyclic amines) is 1. The van der Waals surface area contributed by atoms with Crippen LogP contribution in [0.25, 0.3) is 6.08 Å². The molecule has 2 amide bonds. The number of β-amino-alcohol motifs (C(OH)–C–C–N with tert-alkyl or cyclic N) is 1. The highest BCUT2D eigenvalue weighted by molar-refractivity contribution is 7.16. The zero-order valence-corrected chi connectivity index (χ0v) is 18.5. The molecule has 0 spiro atoms. The summed E-state index contributed by atoms with van der Waals surface area (Å²) < 4.78 is 5.68. The molecule has 31 heavy (non-hydrogen) atoms. The Morgan fingerprint density at radius 1 is 1.39 bits per heavy atom. The van der Waals surface area contributed by atoms with Crippen molar-refractivity contribution in [1.29, 1.82) is 5.26 Å². The van der Waals surface area contributed by atoms with Crippen LogP contribution in [-0.2, 0) is 22.4 Å². The number of piperidine rings is 1. The molecule has 1 aliphatic carbocycles. The first-order valence-corrected chi connectivity index (χ1v) is 12.0. The molecule has 9 heteroatoms. The van der Waals surface area contributed by atoms with Crippen molar-refractivity contribution in [2.24, 2.45) is 0 Å². The molecule has 0 aromatic carbocycles. The lowest BCUT2D eigenvalue weighted by atomic mass is 9.94. The summed E-state index contributed by atoms with van der Waals surface area (Å²) in [5.41, 5.74) is 2.39. The van der Waals surface area contributed by atoms with E-state index >= 15 is 0 Å². The van der Waals surface area contributed by atoms with Gasteiger partial charge in [0.15, 0.2) is 0 Å². The second-order valence-electron chi connectivity index (χ2n) is 7.69. The van der Waals surface area contributed by atoms with Crippen LogP contribution in [0.15, 0.2) is 22.9 Å². The Labute approximate surface area is 188 Å². The van der Waals surface area contributed by atoms with E-state index in [1.54, 1.807) is 22.3 Å². The highest BCUT2D eigenvalue weighted by atomic mass is 32.1. The maximum atomic E-state index is 12.4. The Morgan fingerprint density at radius 3 is 3.00 bits per heavy atom. The highest BCUT2D eigenvalue weighted by Gasteiger charge is 2.30. The van der Waals surface area contributed by atoms with E-state index in [9.17, 15) is 20.0 Å². The molecule has 3 heterocycles. The van der Waals surface area contributed by atoms with Gasteiger partial charge in [0.1, 0.15) is 17.2 Å². The van der Waals surface area contributed by atoms with Crippen molar-refractivity contribution in [3.05, 3.63) is 44.5 Å². The number of nitriles is 1. The number of hydrogen-bond donors (Lipinski definition) is 2. The van der Waals surface area contributed by atoms with Gasteiger partial charge in [0.25, 0.3) is 0 Å². The topological polar surface area (TPSA) is 103 Å². The van der Waals surface area contributed by atoms with Crippen LogP contribution in [0.1, 0.15) is 40.8 Å². The molecule has 2 atom stereocenters. The summed E-state index contributed by atoms with van der Waals surface area (Å²) in [5, 5.41) is 26.7. The predicted molar refractivity (Wildman–Crippen MR) is 120 cm³/mol. The number of anilines is 1. The van der Waals surface area contributed by atoms with Crippen LogP contribution in [0, 0.1) is 11.3 Å². The molecular weight excluding hydrogens is 434 g/mol. The number of rotatable bonds is 4. The molecule has 2 N–H and O–H groups in total. The number of carbonyl (C=O) groups is 2. The average Bonchev–Trinajstić information content (AvgIpc) is 3.39. The molecule has 1 saturated heterocycles. The molecule has 2 aliphatic rings. The van der Waals surface area contributed by atoms with Gasteiger partial charge in [0.05, 0.1) is 11.7 Å². The van der Waals surface area contributed by atoms with E-state index in [1.807, 2.05) is 16.8 Å². The quantitative estimate of drug-likeness (QED) is 0.680. The van der Waals surface area contributed by atoms with Crippen molar-refractivity contribution in [3.8, 4) is 6.07 Å². The van der Waals surface area contributed by atoms with Crippen LogP contribution in [0.5, 0.6) is 0 Å². The monoisotopic (exact) mass is 457 g/mol. The van der Waals surface area contributed by atoms with Crippen molar-refractivity contribution in [3.63, 3.8) is 0 Å². The van der Waals surface area contributed by atoms with E-state index in [1.165, 1.54) is 17.4 Å². The number of fused-ring (bicyclic) bond motifs is 1. The van der Waals surface area contributed by atoms with Crippen molar-refractivity contribution < 1.29 is 19.4 Å². The summed E-state index contributed by atoms with van der Waals surface area (Å²) >= 11 is 2.93. The summed E-state index contributed by atoms with van der Waals surface area (Å²) in [7, 11) is 0. The summed E-state index contributed by atoms with van der Waals surface area (Å²) in [5.74, 6) is -0.284. The first-order chi connectivity index (χ1) is 15.0. The molecule has 7 nitrogen and oxygen atoms in total. The van der Waals surface area contributed by atoms with Crippen molar-refractivity contribution in [2.45, 2.75) is 44.3 Å². The lowest BCUT2D eigenvalue weighted by molar-refractivity contribution is -0.111. The van der Waals surface area contributed by atoms with Gasteiger partial charge in [0.2, 0.25) is 5.91 Å². The SMILES string of the molecule is N#Cc1c(NC(=O)C=Cc2ccsc2)sc2c1CCC(OC(=O)N1CCCC(O)C1)C2. The molecule has 1 aliphatic heterocycles. The van der Waals surface area contributed by atoms with Gasteiger partial charge in [-0.05, 0) is 59.7 Å². The van der Waals surface area contributed by atoms with Crippen molar-refractivity contribution in [2.75, 3.05) is 18.4 Å². The van der Waals surface area contributed by atoms with Gasteiger partial charge in [-0.25, -0.2) is 4.79 Å². The first kappa shape index (κ1) is 21.6. The predicted octanol–water partition coefficient (Wildman–Crippen LogP) is 3.78. The number of hydrogen-bond acceptors (Lipinski definition) is 7. The number of amides is 2. The Morgan fingerprint density at radius 2 is 2.26 bits per heavy atom. The lowest BCUT2D eigenvalue weighted by Gasteiger charge is -2.31. The highest BCUT2D eigenvalue weighted by Crippen LogP contribution is 2.38. The van der Waals surface area contributed by atoms with Crippen LogP contribution < -0.4 is 5.32 Å². The number of nitrogens with zero attached hydrogens (tertiary/aromatic N) is 2. The van der Waals surface area contributed by atoms with Crippen molar-refractivity contribution in [1.82, 2.24) is 4.90 Å². The molecular formula is C22H23N3O4S2. The maximum Gasteiger partial charge on any atom is 0.410 e. The molecule has 4 rings (SSSR count). The molecule has 0 saturated carbocycles.